The van der Waals surface area contributed by atoms with Gasteiger partial charge in [0.2, 0.25) is 0 Å². The molecular weight excluding hydrogens is 206 g/mol. The van der Waals surface area contributed by atoms with Gasteiger partial charge >= 0.3 is 0 Å². The first-order valence-electron chi connectivity index (χ1n) is 5.06. The van der Waals surface area contributed by atoms with Crippen LogP contribution < -0.4 is 5.73 Å². The lowest BCUT2D eigenvalue weighted by Crippen LogP contribution is -1.91. The molecule has 4 heteroatoms. The molecule has 2 aromatic rings. The van der Waals surface area contributed by atoms with Crippen LogP contribution in [0.25, 0.3) is 10.4 Å². The zero-order valence-electron chi connectivity index (χ0n) is 9.03. The molecule has 15 heavy (non-hydrogen) atoms. The highest BCUT2D eigenvalue weighted by atomic mass is 32.1. The quantitative estimate of drug-likeness (QED) is 0.863. The normalized spacial score (nSPS) is 10.9. The minimum absolute atomic E-state index is 0.617. The summed E-state index contributed by atoms with van der Waals surface area (Å²) in [5.74, 6) is 0. The number of hydrogen-bond acceptors (Lipinski definition) is 3. The third kappa shape index (κ3) is 1.96. The van der Waals surface area contributed by atoms with Crippen LogP contribution in [0.2, 0.25) is 0 Å². The van der Waals surface area contributed by atoms with Crippen LogP contribution in [0.5, 0.6) is 0 Å². The Morgan fingerprint density at radius 2 is 2.27 bits per heavy atom. The second kappa shape index (κ2) is 4.16. The number of hydrogen-bond donors (Lipinski definition) is 1. The highest BCUT2D eigenvalue weighted by Crippen LogP contribution is 2.30. The van der Waals surface area contributed by atoms with E-state index >= 15 is 0 Å². The largest absolute Gasteiger partial charge is 0.326 e. The molecule has 0 aliphatic carbocycles. The third-order valence-electron chi connectivity index (χ3n) is 2.37. The lowest BCUT2D eigenvalue weighted by Gasteiger charge is -1.94. The van der Waals surface area contributed by atoms with Crippen molar-refractivity contribution >= 4 is 11.3 Å². The van der Waals surface area contributed by atoms with E-state index in [1.165, 1.54) is 15.3 Å². The summed E-state index contributed by atoms with van der Waals surface area (Å²) in [6, 6.07) is 4.22. The summed E-state index contributed by atoms with van der Waals surface area (Å²) in [7, 11) is 1.96. The SMILES string of the molecule is CCc1nn(C)cc1-c1ccc(CN)s1. The van der Waals surface area contributed by atoms with Gasteiger partial charge in [-0.05, 0) is 18.6 Å². The molecule has 0 aromatic carbocycles. The van der Waals surface area contributed by atoms with Crippen molar-refractivity contribution in [3.8, 4) is 10.4 Å². The average Bonchev–Trinajstić information content (AvgIpc) is 2.82. The van der Waals surface area contributed by atoms with E-state index in [4.69, 9.17) is 5.73 Å². The van der Waals surface area contributed by atoms with Crippen molar-refractivity contribution in [3.63, 3.8) is 0 Å². The van der Waals surface area contributed by atoms with Crippen LogP contribution in [0.15, 0.2) is 18.3 Å². The Labute approximate surface area is 93.5 Å². The predicted molar refractivity (Wildman–Crippen MR) is 63.8 cm³/mol. The first kappa shape index (κ1) is 10.4. The van der Waals surface area contributed by atoms with Crippen molar-refractivity contribution in [2.75, 3.05) is 0 Å². The van der Waals surface area contributed by atoms with Crippen molar-refractivity contribution < 1.29 is 0 Å². The van der Waals surface area contributed by atoms with Gasteiger partial charge in [-0.25, -0.2) is 0 Å². The van der Waals surface area contributed by atoms with Crippen molar-refractivity contribution in [1.29, 1.82) is 0 Å². The lowest BCUT2D eigenvalue weighted by molar-refractivity contribution is 0.746. The first-order chi connectivity index (χ1) is 7.24. The van der Waals surface area contributed by atoms with Crippen LogP contribution in [0.1, 0.15) is 17.5 Å². The number of nitrogens with two attached hydrogens (primary N) is 1. The zero-order chi connectivity index (χ0) is 10.8. The maximum absolute atomic E-state index is 5.61. The summed E-state index contributed by atoms with van der Waals surface area (Å²) in [6.07, 6.45) is 3.04. The third-order valence-corrected chi connectivity index (χ3v) is 3.51. The van der Waals surface area contributed by atoms with Crippen LogP contribution in [0.3, 0.4) is 0 Å². The van der Waals surface area contributed by atoms with Gasteiger partial charge in [-0.2, -0.15) is 5.10 Å². The van der Waals surface area contributed by atoms with Crippen molar-refractivity contribution in [2.24, 2.45) is 12.8 Å². The van der Waals surface area contributed by atoms with Crippen molar-refractivity contribution in [2.45, 2.75) is 19.9 Å². The molecule has 2 heterocycles. The maximum atomic E-state index is 5.61. The minimum Gasteiger partial charge on any atom is -0.326 e. The molecule has 0 fully saturated rings. The molecule has 2 rings (SSSR count). The van der Waals surface area contributed by atoms with E-state index in [0.717, 1.165) is 12.1 Å². The molecule has 0 spiro atoms. The minimum atomic E-state index is 0.617. The van der Waals surface area contributed by atoms with Gasteiger partial charge in [-0.1, -0.05) is 6.92 Å². The number of nitrogens with zero attached hydrogens (tertiary/aromatic N) is 2. The molecule has 2 N–H and O–H groups in total. The lowest BCUT2D eigenvalue weighted by atomic mass is 10.2. The molecule has 0 aliphatic heterocycles. The summed E-state index contributed by atoms with van der Waals surface area (Å²) in [6.45, 7) is 2.75. The smallest absolute Gasteiger partial charge is 0.0708 e. The Balaban J connectivity index is 2.43. The first-order valence-corrected chi connectivity index (χ1v) is 5.88. The molecule has 0 saturated heterocycles. The van der Waals surface area contributed by atoms with Crippen LogP contribution in [-0.2, 0) is 20.0 Å². The molecule has 0 aliphatic rings. The van der Waals surface area contributed by atoms with Gasteiger partial charge in [0.05, 0.1) is 5.69 Å². The van der Waals surface area contributed by atoms with E-state index < -0.39 is 0 Å². The Morgan fingerprint density at radius 1 is 1.47 bits per heavy atom. The summed E-state index contributed by atoms with van der Waals surface area (Å²) in [5.41, 5.74) is 8.00. The van der Waals surface area contributed by atoms with E-state index in [-0.39, 0.29) is 0 Å². The van der Waals surface area contributed by atoms with E-state index in [1.807, 2.05) is 11.7 Å². The van der Waals surface area contributed by atoms with Gasteiger partial charge in [-0.3, -0.25) is 4.68 Å². The second-order valence-corrected chi connectivity index (χ2v) is 4.66. The predicted octanol–water partition coefficient (Wildman–Crippen LogP) is 2.17. The highest BCUT2D eigenvalue weighted by molar-refractivity contribution is 7.15. The summed E-state index contributed by atoms with van der Waals surface area (Å²) >= 11 is 1.75. The fraction of sp³-hybridized carbons (Fsp3) is 0.364. The molecule has 2 aromatic heterocycles. The van der Waals surface area contributed by atoms with Gasteiger partial charge in [0.1, 0.15) is 0 Å². The highest BCUT2D eigenvalue weighted by Gasteiger charge is 2.10. The monoisotopic (exact) mass is 221 g/mol. The Morgan fingerprint density at radius 3 is 2.87 bits per heavy atom. The van der Waals surface area contributed by atoms with Gasteiger partial charge in [-0.15, -0.1) is 11.3 Å². The summed E-state index contributed by atoms with van der Waals surface area (Å²) in [4.78, 5) is 2.48. The molecule has 0 atom stereocenters. The number of aromatic nitrogens is 2. The number of thiophene rings is 1. The summed E-state index contributed by atoms with van der Waals surface area (Å²) < 4.78 is 1.87. The Hall–Kier alpha value is -1.13. The molecular formula is C11H15N3S. The van der Waals surface area contributed by atoms with Crippen molar-refractivity contribution in [3.05, 3.63) is 28.9 Å². The van der Waals surface area contributed by atoms with E-state index in [2.05, 4.69) is 30.4 Å². The molecule has 0 amide bonds. The second-order valence-electron chi connectivity index (χ2n) is 3.49. The fourth-order valence-electron chi connectivity index (χ4n) is 1.63. The molecule has 0 radical (unpaired) electrons. The van der Waals surface area contributed by atoms with Crippen LogP contribution >= 0.6 is 11.3 Å². The van der Waals surface area contributed by atoms with Crippen LogP contribution in [0.4, 0.5) is 0 Å². The van der Waals surface area contributed by atoms with Crippen LogP contribution in [0, 0.1) is 0 Å². The number of rotatable bonds is 3. The topological polar surface area (TPSA) is 43.8 Å². The van der Waals surface area contributed by atoms with Gasteiger partial charge in [0.15, 0.2) is 0 Å². The van der Waals surface area contributed by atoms with Crippen LogP contribution in [-0.4, -0.2) is 9.78 Å². The average molecular weight is 221 g/mol. The standard InChI is InChI=1S/C11H15N3S/c1-3-10-9(7-14(2)13-10)11-5-4-8(6-12)15-11/h4-5,7H,3,6,12H2,1-2H3. The molecule has 0 unspecified atom stereocenters. The molecule has 3 nitrogen and oxygen atoms in total. The van der Waals surface area contributed by atoms with E-state index in [9.17, 15) is 0 Å². The number of aryl methyl sites for hydroxylation is 2. The van der Waals surface area contributed by atoms with E-state index in [1.54, 1.807) is 11.3 Å². The van der Waals surface area contributed by atoms with Gasteiger partial charge in [0, 0.05) is 35.1 Å². The summed E-state index contributed by atoms with van der Waals surface area (Å²) in [5, 5.41) is 4.43. The van der Waals surface area contributed by atoms with Gasteiger partial charge in [0.25, 0.3) is 0 Å². The van der Waals surface area contributed by atoms with E-state index in [0.29, 0.717) is 6.54 Å². The van der Waals surface area contributed by atoms with Crippen molar-refractivity contribution in [1.82, 2.24) is 9.78 Å². The molecule has 80 valence electrons. The molecule has 0 saturated carbocycles. The molecule has 0 bridgehead atoms. The fourth-order valence-corrected chi connectivity index (χ4v) is 2.55. The Bertz CT molecular complexity index is 456. The van der Waals surface area contributed by atoms with Gasteiger partial charge < -0.3 is 5.73 Å². The Kier molecular flexibility index (Phi) is 2.88. The maximum Gasteiger partial charge on any atom is 0.0708 e. The zero-order valence-corrected chi connectivity index (χ0v) is 9.84.